The average molecular weight is 212 g/mol. The molecule has 0 amide bonds. The van der Waals surface area contributed by atoms with E-state index in [2.05, 4.69) is 15.1 Å². The molecular weight excluding hydrogens is 202 g/mol. The Bertz CT molecular complexity index is 492. The summed E-state index contributed by atoms with van der Waals surface area (Å²) in [6, 6.07) is 0. The summed E-state index contributed by atoms with van der Waals surface area (Å²) in [5, 5.41) is 3.98. The number of hydrogen-bond acceptors (Lipinski definition) is 3. The van der Waals surface area contributed by atoms with Gasteiger partial charge >= 0.3 is 0 Å². The highest BCUT2D eigenvalue weighted by atomic mass is 19.3. The molecule has 0 aromatic carbocycles. The first-order chi connectivity index (χ1) is 7.08. The lowest BCUT2D eigenvalue weighted by Crippen LogP contribution is -2.09. The van der Waals surface area contributed by atoms with Crippen molar-refractivity contribution in [3.05, 3.63) is 17.6 Å². The maximum atomic E-state index is 12.2. The summed E-state index contributed by atoms with van der Waals surface area (Å²) in [7, 11) is 0. The highest BCUT2D eigenvalue weighted by molar-refractivity contribution is 5.73. The molecule has 0 radical (unpaired) electrons. The second kappa shape index (κ2) is 3.52. The number of rotatable bonds is 2. The van der Waals surface area contributed by atoms with Crippen molar-refractivity contribution in [2.75, 3.05) is 0 Å². The molecule has 80 valence electrons. The standard InChI is InChI=1S/C9H10F2N4/c1-5-3-12-8-6(2)14-15(4-7(10)11)9(8)13-5/h3,7H,4H2,1-2H3. The van der Waals surface area contributed by atoms with E-state index in [1.54, 1.807) is 20.0 Å². The Morgan fingerprint density at radius 1 is 1.40 bits per heavy atom. The Balaban J connectivity index is 2.59. The van der Waals surface area contributed by atoms with Crippen molar-refractivity contribution in [3.8, 4) is 0 Å². The molecule has 0 aliphatic rings. The minimum Gasteiger partial charge on any atom is -0.249 e. The number of alkyl halides is 2. The summed E-state index contributed by atoms with van der Waals surface area (Å²) in [4.78, 5) is 8.27. The van der Waals surface area contributed by atoms with Gasteiger partial charge in [-0.3, -0.25) is 0 Å². The molecule has 0 unspecified atom stereocenters. The number of aryl methyl sites for hydroxylation is 2. The van der Waals surface area contributed by atoms with Gasteiger partial charge < -0.3 is 0 Å². The first-order valence-corrected chi connectivity index (χ1v) is 4.53. The van der Waals surface area contributed by atoms with Gasteiger partial charge in [0.25, 0.3) is 6.43 Å². The molecule has 0 N–H and O–H groups in total. The normalized spacial score (nSPS) is 11.5. The van der Waals surface area contributed by atoms with E-state index in [9.17, 15) is 8.78 Å². The fraction of sp³-hybridized carbons (Fsp3) is 0.444. The molecule has 2 aromatic rings. The third-order valence-electron chi connectivity index (χ3n) is 2.04. The van der Waals surface area contributed by atoms with Crippen LogP contribution in [0.15, 0.2) is 6.20 Å². The van der Waals surface area contributed by atoms with Gasteiger partial charge in [-0.2, -0.15) is 5.10 Å². The highest BCUT2D eigenvalue weighted by Gasteiger charge is 2.13. The maximum Gasteiger partial charge on any atom is 0.258 e. The third-order valence-corrected chi connectivity index (χ3v) is 2.04. The van der Waals surface area contributed by atoms with Crippen LogP contribution in [0.5, 0.6) is 0 Å². The molecule has 0 spiro atoms. The van der Waals surface area contributed by atoms with Crippen molar-refractivity contribution in [3.63, 3.8) is 0 Å². The van der Waals surface area contributed by atoms with Crippen LogP contribution in [-0.4, -0.2) is 26.2 Å². The summed E-state index contributed by atoms with van der Waals surface area (Å²) < 4.78 is 25.7. The van der Waals surface area contributed by atoms with Crippen molar-refractivity contribution in [1.29, 1.82) is 0 Å². The van der Waals surface area contributed by atoms with Crippen molar-refractivity contribution in [2.45, 2.75) is 26.8 Å². The molecule has 0 fully saturated rings. The SMILES string of the molecule is Cc1cnc2c(C)nn(CC(F)F)c2n1. The first kappa shape index (κ1) is 9.95. The smallest absolute Gasteiger partial charge is 0.249 e. The Morgan fingerprint density at radius 2 is 2.13 bits per heavy atom. The molecule has 0 aliphatic heterocycles. The van der Waals surface area contributed by atoms with Crippen LogP contribution in [0.1, 0.15) is 11.4 Å². The van der Waals surface area contributed by atoms with Crippen molar-refractivity contribution < 1.29 is 8.78 Å². The van der Waals surface area contributed by atoms with E-state index in [4.69, 9.17) is 0 Å². The van der Waals surface area contributed by atoms with Crippen LogP contribution in [0.25, 0.3) is 11.2 Å². The van der Waals surface area contributed by atoms with E-state index in [1.807, 2.05) is 0 Å². The van der Waals surface area contributed by atoms with E-state index in [-0.39, 0.29) is 0 Å². The number of nitrogens with zero attached hydrogens (tertiary/aromatic N) is 4. The molecule has 2 heterocycles. The van der Waals surface area contributed by atoms with Crippen LogP contribution in [0.2, 0.25) is 0 Å². The van der Waals surface area contributed by atoms with E-state index in [0.29, 0.717) is 22.6 Å². The van der Waals surface area contributed by atoms with Gasteiger partial charge in [-0.15, -0.1) is 0 Å². The van der Waals surface area contributed by atoms with Gasteiger partial charge in [-0.05, 0) is 13.8 Å². The number of hydrogen-bond donors (Lipinski definition) is 0. The average Bonchev–Trinajstić information content (AvgIpc) is 2.42. The van der Waals surface area contributed by atoms with Crippen molar-refractivity contribution in [2.24, 2.45) is 0 Å². The molecule has 0 atom stereocenters. The molecule has 2 rings (SSSR count). The fourth-order valence-corrected chi connectivity index (χ4v) is 1.43. The van der Waals surface area contributed by atoms with Crippen LogP contribution in [0.3, 0.4) is 0 Å². The van der Waals surface area contributed by atoms with Gasteiger partial charge in [0.05, 0.1) is 11.4 Å². The van der Waals surface area contributed by atoms with Crippen LogP contribution in [0.4, 0.5) is 8.78 Å². The lowest BCUT2D eigenvalue weighted by molar-refractivity contribution is 0.123. The van der Waals surface area contributed by atoms with Gasteiger partial charge in [0.2, 0.25) is 0 Å². The molecule has 0 saturated carbocycles. The van der Waals surface area contributed by atoms with Gasteiger partial charge in [-0.1, -0.05) is 0 Å². The highest BCUT2D eigenvalue weighted by Crippen LogP contribution is 2.14. The monoisotopic (exact) mass is 212 g/mol. The zero-order valence-corrected chi connectivity index (χ0v) is 8.41. The van der Waals surface area contributed by atoms with Gasteiger partial charge in [0.15, 0.2) is 5.65 Å². The fourth-order valence-electron chi connectivity index (χ4n) is 1.43. The molecule has 15 heavy (non-hydrogen) atoms. The maximum absolute atomic E-state index is 12.2. The second-order valence-electron chi connectivity index (χ2n) is 3.34. The number of halogens is 2. The van der Waals surface area contributed by atoms with Crippen LogP contribution < -0.4 is 0 Å². The summed E-state index contributed by atoms with van der Waals surface area (Å²) >= 11 is 0. The van der Waals surface area contributed by atoms with Gasteiger partial charge in [0.1, 0.15) is 12.1 Å². The lowest BCUT2D eigenvalue weighted by atomic mass is 10.4. The predicted molar refractivity (Wildman–Crippen MR) is 50.8 cm³/mol. The van der Waals surface area contributed by atoms with E-state index in [0.717, 1.165) is 0 Å². The molecular formula is C9H10F2N4. The van der Waals surface area contributed by atoms with E-state index in [1.165, 1.54) is 4.68 Å². The predicted octanol–water partition coefficient (Wildman–Crippen LogP) is 1.71. The van der Waals surface area contributed by atoms with Crippen LogP contribution >= 0.6 is 0 Å². The molecule has 0 aliphatic carbocycles. The Labute approximate surface area is 85.0 Å². The van der Waals surface area contributed by atoms with Gasteiger partial charge in [-0.25, -0.2) is 23.4 Å². The Kier molecular flexibility index (Phi) is 2.34. The first-order valence-electron chi connectivity index (χ1n) is 4.53. The van der Waals surface area contributed by atoms with Crippen molar-refractivity contribution in [1.82, 2.24) is 19.7 Å². The van der Waals surface area contributed by atoms with Gasteiger partial charge in [0, 0.05) is 6.20 Å². The summed E-state index contributed by atoms with van der Waals surface area (Å²) in [6.45, 7) is 3.05. The van der Waals surface area contributed by atoms with Crippen LogP contribution in [-0.2, 0) is 6.54 Å². The zero-order chi connectivity index (χ0) is 11.0. The summed E-state index contributed by atoms with van der Waals surface area (Å²) in [5.74, 6) is 0. The summed E-state index contributed by atoms with van der Waals surface area (Å²) in [5.41, 5.74) is 2.32. The van der Waals surface area contributed by atoms with E-state index < -0.39 is 13.0 Å². The quantitative estimate of drug-likeness (QED) is 0.761. The molecule has 4 nitrogen and oxygen atoms in total. The van der Waals surface area contributed by atoms with Crippen LogP contribution in [0, 0.1) is 13.8 Å². The topological polar surface area (TPSA) is 43.6 Å². The lowest BCUT2D eigenvalue weighted by Gasteiger charge is -2.00. The minimum atomic E-state index is -2.44. The molecule has 0 saturated heterocycles. The molecule has 2 aromatic heterocycles. The molecule has 0 bridgehead atoms. The Hall–Kier alpha value is -1.59. The number of aromatic nitrogens is 4. The number of fused-ring (bicyclic) bond motifs is 1. The Morgan fingerprint density at radius 3 is 2.80 bits per heavy atom. The minimum absolute atomic E-state index is 0.424. The third kappa shape index (κ3) is 1.79. The van der Waals surface area contributed by atoms with Crippen molar-refractivity contribution >= 4 is 11.2 Å². The van der Waals surface area contributed by atoms with E-state index >= 15 is 0 Å². The second-order valence-corrected chi connectivity index (χ2v) is 3.34. The zero-order valence-electron chi connectivity index (χ0n) is 8.41. The summed E-state index contributed by atoms with van der Waals surface area (Å²) in [6.07, 6.45) is -0.834. The largest absolute Gasteiger partial charge is 0.258 e. The molecule has 6 heteroatoms.